The van der Waals surface area contributed by atoms with Crippen molar-refractivity contribution < 1.29 is 22.4 Å². The number of likely N-dealkylation sites (N-methyl/N-ethyl adjacent to an activating group) is 1. The quantitative estimate of drug-likeness (QED) is 0.658. The third-order valence-electron chi connectivity index (χ3n) is 3.92. The molecule has 0 saturated heterocycles. The van der Waals surface area contributed by atoms with Crippen LogP contribution in [0.1, 0.15) is 23.7 Å². The number of amides is 2. The van der Waals surface area contributed by atoms with Crippen LogP contribution in [0.4, 0.5) is 10.1 Å². The van der Waals surface area contributed by atoms with Gasteiger partial charge in [-0.05, 0) is 48.9 Å². The van der Waals surface area contributed by atoms with Gasteiger partial charge in [-0.15, -0.1) is 0 Å². The van der Waals surface area contributed by atoms with E-state index in [9.17, 15) is 22.4 Å². The largest absolute Gasteiger partial charge is 0.352 e. The first-order chi connectivity index (χ1) is 13.6. The molecule has 0 aliphatic carbocycles. The first-order valence-corrected chi connectivity index (χ1v) is 10.6. The molecule has 0 aliphatic rings. The molecular weight excluding hydrogens is 421 g/mol. The second-order valence-electron chi connectivity index (χ2n) is 6.21. The molecule has 0 radical (unpaired) electrons. The topological polar surface area (TPSA) is 95.6 Å². The van der Waals surface area contributed by atoms with E-state index in [1.54, 1.807) is 0 Å². The van der Waals surface area contributed by atoms with Crippen molar-refractivity contribution in [3.05, 3.63) is 58.9 Å². The van der Waals surface area contributed by atoms with Crippen molar-refractivity contribution in [1.82, 2.24) is 9.62 Å². The van der Waals surface area contributed by atoms with E-state index >= 15 is 0 Å². The van der Waals surface area contributed by atoms with Gasteiger partial charge in [0.15, 0.2) is 0 Å². The molecule has 0 atom stereocenters. The monoisotopic (exact) mass is 441 g/mol. The minimum absolute atomic E-state index is 0.142. The summed E-state index contributed by atoms with van der Waals surface area (Å²) in [5.41, 5.74) is 0.379. The van der Waals surface area contributed by atoms with Crippen molar-refractivity contribution in [2.45, 2.75) is 18.2 Å². The minimum atomic E-state index is -3.99. The van der Waals surface area contributed by atoms with Gasteiger partial charge < -0.3 is 10.6 Å². The SMILES string of the molecule is CCCNC(=O)c1ccc(Cl)cc1NC(=O)CN(C)S(=O)(=O)c1ccc(F)cc1. The third kappa shape index (κ3) is 5.99. The van der Waals surface area contributed by atoms with E-state index in [-0.39, 0.29) is 22.1 Å². The molecule has 0 aliphatic heterocycles. The molecule has 0 fully saturated rings. The zero-order valence-corrected chi connectivity index (χ0v) is 17.5. The van der Waals surface area contributed by atoms with Crippen molar-refractivity contribution >= 4 is 39.1 Å². The zero-order valence-electron chi connectivity index (χ0n) is 15.9. The highest BCUT2D eigenvalue weighted by Crippen LogP contribution is 2.22. The lowest BCUT2D eigenvalue weighted by molar-refractivity contribution is -0.116. The summed E-state index contributed by atoms with van der Waals surface area (Å²) in [6.45, 7) is 1.86. The molecule has 0 aromatic heterocycles. The predicted molar refractivity (Wildman–Crippen MR) is 109 cm³/mol. The predicted octanol–water partition coefficient (Wildman–Crippen LogP) is 2.88. The Hall–Kier alpha value is -2.49. The highest BCUT2D eigenvalue weighted by atomic mass is 35.5. The number of carbonyl (C=O) groups is 2. The lowest BCUT2D eigenvalue weighted by atomic mass is 10.1. The highest BCUT2D eigenvalue weighted by Gasteiger charge is 2.24. The van der Waals surface area contributed by atoms with Crippen LogP contribution in [-0.4, -0.2) is 44.7 Å². The van der Waals surface area contributed by atoms with Gasteiger partial charge in [0, 0.05) is 18.6 Å². The van der Waals surface area contributed by atoms with Gasteiger partial charge in [-0.3, -0.25) is 9.59 Å². The fourth-order valence-corrected chi connectivity index (χ4v) is 3.71. The number of carbonyl (C=O) groups excluding carboxylic acids is 2. The number of nitrogens with zero attached hydrogens (tertiary/aromatic N) is 1. The first kappa shape index (κ1) is 22.8. The second-order valence-corrected chi connectivity index (χ2v) is 8.69. The van der Waals surface area contributed by atoms with Crippen LogP contribution in [-0.2, 0) is 14.8 Å². The number of nitrogens with one attached hydrogen (secondary N) is 2. The molecular formula is C19H21ClFN3O4S. The molecule has 0 bridgehead atoms. The van der Waals surface area contributed by atoms with Crippen molar-refractivity contribution in [1.29, 1.82) is 0 Å². The molecule has 10 heteroatoms. The van der Waals surface area contributed by atoms with E-state index in [1.165, 1.54) is 25.2 Å². The van der Waals surface area contributed by atoms with Crippen molar-refractivity contribution in [3.8, 4) is 0 Å². The molecule has 0 spiro atoms. The summed E-state index contributed by atoms with van der Waals surface area (Å²) in [6.07, 6.45) is 0.743. The zero-order chi connectivity index (χ0) is 21.6. The average Bonchev–Trinajstić information content (AvgIpc) is 2.66. The third-order valence-corrected chi connectivity index (χ3v) is 5.98. The van der Waals surface area contributed by atoms with Crippen LogP contribution in [0.25, 0.3) is 0 Å². The molecule has 0 saturated carbocycles. The Labute approximate surface area is 173 Å². The first-order valence-electron chi connectivity index (χ1n) is 8.74. The molecule has 0 unspecified atom stereocenters. The number of halogens is 2. The maximum atomic E-state index is 13.0. The smallest absolute Gasteiger partial charge is 0.253 e. The molecule has 2 N–H and O–H groups in total. The average molecular weight is 442 g/mol. The minimum Gasteiger partial charge on any atom is -0.352 e. The van der Waals surface area contributed by atoms with Crippen LogP contribution >= 0.6 is 11.6 Å². The Kier molecular flexibility index (Phi) is 7.72. The van der Waals surface area contributed by atoms with Crippen LogP contribution in [0.3, 0.4) is 0 Å². The molecule has 2 amide bonds. The summed E-state index contributed by atoms with van der Waals surface area (Å²) < 4.78 is 38.9. The molecule has 2 aromatic rings. The Morgan fingerprint density at radius 3 is 2.41 bits per heavy atom. The molecule has 29 heavy (non-hydrogen) atoms. The Bertz CT molecular complexity index is 997. The van der Waals surface area contributed by atoms with E-state index in [0.717, 1.165) is 35.0 Å². The number of hydrogen-bond donors (Lipinski definition) is 2. The lowest BCUT2D eigenvalue weighted by Gasteiger charge is -2.18. The molecule has 7 nitrogen and oxygen atoms in total. The molecule has 0 heterocycles. The summed E-state index contributed by atoms with van der Waals surface area (Å²) in [4.78, 5) is 24.5. The fraction of sp³-hybridized carbons (Fsp3) is 0.263. The Balaban J connectivity index is 2.15. The van der Waals surface area contributed by atoms with Crippen molar-refractivity contribution in [2.24, 2.45) is 0 Å². The lowest BCUT2D eigenvalue weighted by Crippen LogP contribution is -2.35. The van der Waals surface area contributed by atoms with Crippen LogP contribution in [0, 0.1) is 5.82 Å². The van der Waals surface area contributed by atoms with Crippen LogP contribution in [0.5, 0.6) is 0 Å². The maximum absolute atomic E-state index is 13.0. The number of hydrogen-bond acceptors (Lipinski definition) is 4. The standard InChI is InChI=1S/C19H21ClFN3O4S/c1-3-10-22-19(26)16-9-4-13(20)11-17(16)23-18(25)12-24(2)29(27,28)15-7-5-14(21)6-8-15/h4-9,11H,3,10,12H2,1-2H3,(H,22,26)(H,23,25). The van der Waals surface area contributed by atoms with Gasteiger partial charge in [0.1, 0.15) is 5.82 Å². The van der Waals surface area contributed by atoms with Gasteiger partial charge in [-0.2, -0.15) is 4.31 Å². The van der Waals surface area contributed by atoms with Crippen LogP contribution in [0.2, 0.25) is 5.02 Å². The number of anilines is 1. The highest BCUT2D eigenvalue weighted by molar-refractivity contribution is 7.89. The summed E-state index contributed by atoms with van der Waals surface area (Å²) in [5.74, 6) is -1.62. The summed E-state index contributed by atoms with van der Waals surface area (Å²) in [6, 6.07) is 8.68. The van der Waals surface area contributed by atoms with E-state index < -0.39 is 28.3 Å². The van der Waals surface area contributed by atoms with E-state index in [2.05, 4.69) is 10.6 Å². The normalized spacial score (nSPS) is 11.3. The van der Waals surface area contributed by atoms with Crippen molar-refractivity contribution in [2.75, 3.05) is 25.5 Å². The van der Waals surface area contributed by atoms with E-state index in [0.29, 0.717) is 11.6 Å². The van der Waals surface area contributed by atoms with Gasteiger partial charge in [-0.1, -0.05) is 18.5 Å². The number of benzene rings is 2. The van der Waals surface area contributed by atoms with Gasteiger partial charge >= 0.3 is 0 Å². The summed E-state index contributed by atoms with van der Waals surface area (Å²) >= 11 is 5.96. The van der Waals surface area contributed by atoms with Gasteiger partial charge in [0.05, 0.1) is 22.7 Å². The van der Waals surface area contributed by atoms with E-state index in [1.807, 2.05) is 6.92 Å². The van der Waals surface area contributed by atoms with Crippen LogP contribution in [0.15, 0.2) is 47.4 Å². The maximum Gasteiger partial charge on any atom is 0.253 e. The molecule has 2 aromatic carbocycles. The summed E-state index contributed by atoms with van der Waals surface area (Å²) in [5, 5.41) is 5.53. The van der Waals surface area contributed by atoms with Crippen molar-refractivity contribution in [3.63, 3.8) is 0 Å². The number of rotatable bonds is 8. The van der Waals surface area contributed by atoms with E-state index in [4.69, 9.17) is 11.6 Å². The molecule has 156 valence electrons. The van der Waals surface area contributed by atoms with Gasteiger partial charge in [0.25, 0.3) is 5.91 Å². The second kappa shape index (κ2) is 9.82. The molecule has 2 rings (SSSR count). The fourth-order valence-electron chi connectivity index (χ4n) is 2.42. The Morgan fingerprint density at radius 2 is 1.79 bits per heavy atom. The summed E-state index contributed by atoms with van der Waals surface area (Å²) in [7, 11) is -2.76. The van der Waals surface area contributed by atoms with Gasteiger partial charge in [-0.25, -0.2) is 12.8 Å². The number of sulfonamides is 1. The van der Waals surface area contributed by atoms with Gasteiger partial charge in [0.2, 0.25) is 15.9 Å². The Morgan fingerprint density at radius 1 is 1.14 bits per heavy atom. The van der Waals surface area contributed by atoms with Crippen LogP contribution < -0.4 is 10.6 Å².